The summed E-state index contributed by atoms with van der Waals surface area (Å²) in [5.41, 5.74) is 4.42. The topological polar surface area (TPSA) is 41.1 Å². The summed E-state index contributed by atoms with van der Waals surface area (Å²) in [7, 11) is 0. The largest absolute Gasteiger partial charge is 0.326 e. The number of hydrogen-bond acceptors (Lipinski definition) is 2. The third-order valence-corrected chi connectivity index (χ3v) is 4.30. The number of rotatable bonds is 9. The van der Waals surface area contributed by atoms with Crippen molar-refractivity contribution in [3.63, 3.8) is 0 Å². The normalized spacial score (nSPS) is 10.7. The summed E-state index contributed by atoms with van der Waals surface area (Å²) in [6, 6.07) is 12.7. The molecule has 0 heterocycles. The predicted molar refractivity (Wildman–Crippen MR) is 101 cm³/mol. The van der Waals surface area contributed by atoms with E-state index < -0.39 is 0 Å². The molecule has 0 unspecified atom stereocenters. The van der Waals surface area contributed by atoms with Gasteiger partial charge in [-0.25, -0.2) is 4.39 Å². The molecule has 0 bridgehead atoms. The molecule has 0 aliphatic rings. The first-order valence-electron chi connectivity index (χ1n) is 8.99. The zero-order valence-electron chi connectivity index (χ0n) is 15.1. The lowest BCUT2D eigenvalue weighted by atomic mass is 10.0. The predicted octanol–water partition coefficient (Wildman–Crippen LogP) is 4.11. The first-order valence-corrected chi connectivity index (χ1v) is 8.99. The highest BCUT2D eigenvalue weighted by atomic mass is 19.1. The number of amides is 1. The van der Waals surface area contributed by atoms with Crippen LogP contribution in [0, 0.1) is 5.82 Å². The quantitative estimate of drug-likeness (QED) is 0.673. The molecule has 0 saturated carbocycles. The van der Waals surface area contributed by atoms with Gasteiger partial charge in [-0.3, -0.25) is 4.79 Å². The summed E-state index contributed by atoms with van der Waals surface area (Å²) >= 11 is 0. The van der Waals surface area contributed by atoms with E-state index in [1.807, 2.05) is 6.07 Å². The molecule has 0 aliphatic heterocycles. The van der Waals surface area contributed by atoms with Crippen molar-refractivity contribution in [2.24, 2.45) is 0 Å². The molecule has 2 aromatic rings. The molecule has 2 aromatic carbocycles. The number of halogens is 1. The standard InChI is InChI=1S/C21H27FN2O/c1-3-17-6-5-7-18(4-2)21(17)24-20(25)13-15-23-14-12-16-8-10-19(22)11-9-16/h5-11,23H,3-4,12-15H2,1-2H3,(H,24,25). The van der Waals surface area contributed by atoms with Crippen molar-refractivity contribution in [2.45, 2.75) is 39.5 Å². The molecule has 0 aromatic heterocycles. The van der Waals surface area contributed by atoms with Crippen LogP contribution in [-0.2, 0) is 24.1 Å². The zero-order valence-corrected chi connectivity index (χ0v) is 15.1. The van der Waals surface area contributed by atoms with E-state index in [1.165, 1.54) is 23.3 Å². The van der Waals surface area contributed by atoms with Crippen molar-refractivity contribution in [1.82, 2.24) is 5.32 Å². The molecule has 0 fully saturated rings. The number of hydrogen-bond donors (Lipinski definition) is 2. The second kappa shape index (κ2) is 9.94. The van der Waals surface area contributed by atoms with Crippen molar-refractivity contribution < 1.29 is 9.18 Å². The van der Waals surface area contributed by atoms with Gasteiger partial charge in [0.15, 0.2) is 0 Å². The Morgan fingerprint density at radius 1 is 0.960 bits per heavy atom. The van der Waals surface area contributed by atoms with E-state index in [9.17, 15) is 9.18 Å². The fraction of sp³-hybridized carbons (Fsp3) is 0.381. The Bertz CT molecular complexity index is 661. The Morgan fingerprint density at radius 3 is 2.20 bits per heavy atom. The SMILES string of the molecule is CCc1cccc(CC)c1NC(=O)CCNCCc1ccc(F)cc1. The number of aryl methyl sites for hydroxylation is 2. The highest BCUT2D eigenvalue weighted by Gasteiger charge is 2.09. The fourth-order valence-corrected chi connectivity index (χ4v) is 2.82. The van der Waals surface area contributed by atoms with Gasteiger partial charge in [0.1, 0.15) is 5.82 Å². The van der Waals surface area contributed by atoms with Crippen molar-refractivity contribution in [3.8, 4) is 0 Å². The van der Waals surface area contributed by atoms with Crippen molar-refractivity contribution >= 4 is 11.6 Å². The molecular formula is C21H27FN2O. The van der Waals surface area contributed by atoms with Crippen LogP contribution in [0.5, 0.6) is 0 Å². The van der Waals surface area contributed by atoms with Gasteiger partial charge >= 0.3 is 0 Å². The molecule has 0 aliphatic carbocycles. The van der Waals surface area contributed by atoms with Crippen LogP contribution in [0.15, 0.2) is 42.5 Å². The van der Waals surface area contributed by atoms with Crippen LogP contribution in [0.3, 0.4) is 0 Å². The minimum atomic E-state index is -0.216. The molecule has 1 amide bonds. The Hall–Kier alpha value is -2.20. The van der Waals surface area contributed by atoms with Gasteiger partial charge in [-0.05, 0) is 54.6 Å². The summed E-state index contributed by atoms with van der Waals surface area (Å²) in [5.74, 6) is -0.183. The first kappa shape index (κ1) is 19.1. The fourth-order valence-electron chi connectivity index (χ4n) is 2.82. The third-order valence-electron chi connectivity index (χ3n) is 4.30. The van der Waals surface area contributed by atoms with E-state index in [1.54, 1.807) is 12.1 Å². The second-order valence-corrected chi connectivity index (χ2v) is 6.08. The Kier molecular flexibility index (Phi) is 7.61. The van der Waals surface area contributed by atoms with Gasteiger partial charge < -0.3 is 10.6 Å². The van der Waals surface area contributed by atoms with Crippen LogP contribution in [0.25, 0.3) is 0 Å². The van der Waals surface area contributed by atoms with Gasteiger partial charge in [-0.1, -0.05) is 44.2 Å². The molecule has 2 rings (SSSR count). The highest BCUT2D eigenvalue weighted by molar-refractivity contribution is 5.92. The molecule has 0 atom stereocenters. The lowest BCUT2D eigenvalue weighted by molar-refractivity contribution is -0.116. The zero-order chi connectivity index (χ0) is 18.1. The molecule has 0 radical (unpaired) electrons. The molecule has 0 spiro atoms. The van der Waals surface area contributed by atoms with E-state index in [4.69, 9.17) is 0 Å². The Labute approximate surface area is 149 Å². The summed E-state index contributed by atoms with van der Waals surface area (Å²) < 4.78 is 12.8. The highest BCUT2D eigenvalue weighted by Crippen LogP contribution is 2.22. The smallest absolute Gasteiger partial charge is 0.225 e. The Morgan fingerprint density at radius 2 is 1.60 bits per heavy atom. The van der Waals surface area contributed by atoms with Crippen LogP contribution in [0.4, 0.5) is 10.1 Å². The van der Waals surface area contributed by atoms with Gasteiger partial charge in [0, 0.05) is 18.7 Å². The molecule has 25 heavy (non-hydrogen) atoms. The maximum absolute atomic E-state index is 12.8. The maximum atomic E-state index is 12.8. The van der Waals surface area contributed by atoms with Crippen LogP contribution >= 0.6 is 0 Å². The van der Waals surface area contributed by atoms with Gasteiger partial charge in [-0.15, -0.1) is 0 Å². The number of anilines is 1. The van der Waals surface area contributed by atoms with Crippen LogP contribution in [0.2, 0.25) is 0 Å². The van der Waals surface area contributed by atoms with Crippen molar-refractivity contribution in [3.05, 3.63) is 65.0 Å². The summed E-state index contributed by atoms with van der Waals surface area (Å²) in [5, 5.41) is 6.34. The summed E-state index contributed by atoms with van der Waals surface area (Å²) in [6.45, 7) is 5.59. The van der Waals surface area contributed by atoms with E-state index in [2.05, 4.69) is 36.6 Å². The number of benzene rings is 2. The molecule has 3 nitrogen and oxygen atoms in total. The maximum Gasteiger partial charge on any atom is 0.225 e. The number of carbonyl (C=O) groups excluding carboxylic acids is 1. The first-order chi connectivity index (χ1) is 12.1. The van der Waals surface area contributed by atoms with E-state index in [0.717, 1.165) is 37.1 Å². The van der Waals surface area contributed by atoms with Gasteiger partial charge in [0.05, 0.1) is 0 Å². The van der Waals surface area contributed by atoms with Crippen LogP contribution in [0.1, 0.15) is 37.0 Å². The second-order valence-electron chi connectivity index (χ2n) is 6.08. The summed E-state index contributed by atoms with van der Waals surface area (Å²) in [4.78, 5) is 12.2. The summed E-state index contributed by atoms with van der Waals surface area (Å²) in [6.07, 6.45) is 3.06. The van der Waals surface area contributed by atoms with E-state index in [-0.39, 0.29) is 11.7 Å². The number of carbonyl (C=O) groups is 1. The van der Waals surface area contributed by atoms with E-state index in [0.29, 0.717) is 13.0 Å². The average Bonchev–Trinajstić information content (AvgIpc) is 2.63. The molecular weight excluding hydrogens is 315 g/mol. The lowest BCUT2D eigenvalue weighted by Crippen LogP contribution is -2.24. The molecule has 2 N–H and O–H groups in total. The monoisotopic (exact) mass is 342 g/mol. The van der Waals surface area contributed by atoms with E-state index >= 15 is 0 Å². The van der Waals surface area contributed by atoms with Crippen LogP contribution < -0.4 is 10.6 Å². The minimum absolute atomic E-state index is 0.0323. The minimum Gasteiger partial charge on any atom is -0.326 e. The number of para-hydroxylation sites is 1. The number of nitrogens with one attached hydrogen (secondary N) is 2. The van der Waals surface area contributed by atoms with Crippen molar-refractivity contribution in [2.75, 3.05) is 18.4 Å². The van der Waals surface area contributed by atoms with Crippen molar-refractivity contribution in [1.29, 1.82) is 0 Å². The van der Waals surface area contributed by atoms with Gasteiger partial charge in [0.2, 0.25) is 5.91 Å². The van der Waals surface area contributed by atoms with Gasteiger partial charge in [-0.2, -0.15) is 0 Å². The molecule has 4 heteroatoms. The average molecular weight is 342 g/mol. The molecule has 134 valence electrons. The Balaban J connectivity index is 1.75. The lowest BCUT2D eigenvalue weighted by Gasteiger charge is -2.14. The molecule has 0 saturated heterocycles. The third kappa shape index (κ3) is 5.98. The van der Waals surface area contributed by atoms with Gasteiger partial charge in [0.25, 0.3) is 0 Å². The van der Waals surface area contributed by atoms with Crippen LogP contribution in [-0.4, -0.2) is 19.0 Å².